The first kappa shape index (κ1) is 12.4. The zero-order chi connectivity index (χ0) is 13.1. The SMILES string of the molecule is CC=CN1CC(NC(C)=O)C1=O.c1cc2cc-2c1. The Morgan fingerprint density at radius 3 is 2.44 bits per heavy atom. The third-order valence-corrected chi connectivity index (χ3v) is 2.78. The van der Waals surface area contributed by atoms with E-state index in [0.29, 0.717) is 6.54 Å². The molecule has 0 aromatic rings. The van der Waals surface area contributed by atoms with E-state index in [1.807, 2.05) is 6.92 Å². The smallest absolute Gasteiger partial charge is 0.251 e. The van der Waals surface area contributed by atoms with E-state index in [9.17, 15) is 9.59 Å². The molecule has 0 saturated carbocycles. The van der Waals surface area contributed by atoms with E-state index in [1.165, 1.54) is 18.1 Å². The average molecular weight is 244 g/mol. The van der Waals surface area contributed by atoms with Gasteiger partial charge < -0.3 is 10.2 Å². The number of carbonyl (C=O) groups excluding carboxylic acids is 2. The number of hydrogen-bond donors (Lipinski definition) is 1. The monoisotopic (exact) mass is 244 g/mol. The van der Waals surface area contributed by atoms with Gasteiger partial charge >= 0.3 is 0 Å². The summed E-state index contributed by atoms with van der Waals surface area (Å²) in [5, 5.41) is 2.55. The number of benzene rings is 1. The van der Waals surface area contributed by atoms with Crippen LogP contribution in [0.15, 0.2) is 36.5 Å². The minimum absolute atomic E-state index is 0.0386. The van der Waals surface area contributed by atoms with Gasteiger partial charge in [-0.3, -0.25) is 9.59 Å². The van der Waals surface area contributed by atoms with E-state index in [4.69, 9.17) is 0 Å². The summed E-state index contributed by atoms with van der Waals surface area (Å²) in [7, 11) is 0. The normalized spacial score (nSPS) is 18.9. The molecular formula is C14H16N2O2. The molecule has 4 heteroatoms. The van der Waals surface area contributed by atoms with E-state index in [0.717, 1.165) is 0 Å². The molecule has 1 fully saturated rings. The first-order valence-corrected chi connectivity index (χ1v) is 5.92. The van der Waals surface area contributed by atoms with Crippen molar-refractivity contribution in [3.05, 3.63) is 36.5 Å². The fourth-order valence-electron chi connectivity index (χ4n) is 1.80. The van der Waals surface area contributed by atoms with E-state index < -0.39 is 0 Å². The Kier molecular flexibility index (Phi) is 3.46. The van der Waals surface area contributed by atoms with Gasteiger partial charge in [0.15, 0.2) is 0 Å². The maximum Gasteiger partial charge on any atom is 0.251 e. The van der Waals surface area contributed by atoms with Gasteiger partial charge in [-0.2, -0.15) is 0 Å². The van der Waals surface area contributed by atoms with Crippen molar-refractivity contribution in [2.75, 3.05) is 6.54 Å². The molecule has 2 aliphatic carbocycles. The highest BCUT2D eigenvalue weighted by atomic mass is 16.2. The van der Waals surface area contributed by atoms with Crippen LogP contribution in [0.5, 0.6) is 0 Å². The van der Waals surface area contributed by atoms with Crippen LogP contribution in [-0.4, -0.2) is 29.3 Å². The van der Waals surface area contributed by atoms with Crippen LogP contribution in [-0.2, 0) is 9.59 Å². The van der Waals surface area contributed by atoms with E-state index in [1.54, 1.807) is 17.2 Å². The molecule has 0 bridgehead atoms. The van der Waals surface area contributed by atoms with Gasteiger partial charge in [0.1, 0.15) is 6.04 Å². The molecule has 0 aromatic carbocycles. The highest BCUT2D eigenvalue weighted by Gasteiger charge is 2.35. The van der Waals surface area contributed by atoms with Gasteiger partial charge in [-0.1, -0.05) is 24.3 Å². The lowest BCUT2D eigenvalue weighted by Crippen LogP contribution is -2.61. The minimum atomic E-state index is -0.307. The van der Waals surface area contributed by atoms with Crippen molar-refractivity contribution in [3.63, 3.8) is 0 Å². The number of carbonyl (C=O) groups is 2. The van der Waals surface area contributed by atoms with Crippen molar-refractivity contribution < 1.29 is 9.59 Å². The lowest BCUT2D eigenvalue weighted by molar-refractivity contribution is -0.142. The summed E-state index contributed by atoms with van der Waals surface area (Å²) in [6, 6.07) is 8.17. The second-order valence-corrected chi connectivity index (χ2v) is 4.31. The molecule has 3 rings (SSSR count). The summed E-state index contributed by atoms with van der Waals surface area (Å²) in [5.74, 6) is -0.197. The molecule has 4 nitrogen and oxygen atoms in total. The highest BCUT2D eigenvalue weighted by Crippen LogP contribution is 2.32. The summed E-state index contributed by atoms with van der Waals surface area (Å²) in [6.07, 6.45) is 3.50. The Hall–Kier alpha value is -2.10. The van der Waals surface area contributed by atoms with Gasteiger partial charge in [0.05, 0.1) is 6.54 Å². The predicted molar refractivity (Wildman–Crippen MR) is 69.6 cm³/mol. The number of nitrogens with one attached hydrogen (secondary N) is 1. The predicted octanol–water partition coefficient (Wildman–Crippen LogP) is 1.53. The second-order valence-electron chi connectivity index (χ2n) is 4.31. The van der Waals surface area contributed by atoms with Crippen LogP contribution >= 0.6 is 0 Å². The lowest BCUT2D eigenvalue weighted by Gasteiger charge is -2.35. The van der Waals surface area contributed by atoms with Crippen LogP contribution in [0.2, 0.25) is 0 Å². The van der Waals surface area contributed by atoms with Crippen molar-refractivity contribution in [1.29, 1.82) is 0 Å². The van der Waals surface area contributed by atoms with Gasteiger partial charge in [-0.15, -0.1) is 0 Å². The molecule has 0 aromatic heterocycles. The molecule has 1 unspecified atom stereocenters. The molecule has 1 aliphatic heterocycles. The van der Waals surface area contributed by atoms with Crippen molar-refractivity contribution >= 4 is 11.8 Å². The fraction of sp³-hybridized carbons (Fsp3) is 0.286. The summed E-state index contributed by atoms with van der Waals surface area (Å²) in [6.45, 7) is 3.84. The number of amides is 2. The molecule has 0 radical (unpaired) electrons. The van der Waals surface area contributed by atoms with Gasteiger partial charge in [0, 0.05) is 13.1 Å². The molecule has 94 valence electrons. The van der Waals surface area contributed by atoms with E-state index in [-0.39, 0.29) is 17.9 Å². The van der Waals surface area contributed by atoms with E-state index in [2.05, 4.69) is 29.6 Å². The fourth-order valence-corrected chi connectivity index (χ4v) is 1.80. The molecule has 18 heavy (non-hydrogen) atoms. The molecule has 2 amide bonds. The Balaban J connectivity index is 0.000000164. The lowest BCUT2D eigenvalue weighted by atomic mass is 10.1. The molecule has 1 saturated heterocycles. The molecule has 0 spiro atoms. The number of hydrogen-bond acceptors (Lipinski definition) is 2. The first-order valence-electron chi connectivity index (χ1n) is 5.92. The van der Waals surface area contributed by atoms with Crippen LogP contribution in [0.25, 0.3) is 11.1 Å². The van der Waals surface area contributed by atoms with Crippen molar-refractivity contribution in [1.82, 2.24) is 10.2 Å². The zero-order valence-corrected chi connectivity index (χ0v) is 10.5. The number of allylic oxidation sites excluding steroid dienone is 1. The molecular weight excluding hydrogens is 228 g/mol. The van der Waals surface area contributed by atoms with Gasteiger partial charge in [-0.05, 0) is 24.1 Å². The third-order valence-electron chi connectivity index (χ3n) is 2.78. The second kappa shape index (κ2) is 5.04. The van der Waals surface area contributed by atoms with Crippen molar-refractivity contribution in [2.24, 2.45) is 0 Å². The number of nitrogens with zero attached hydrogens (tertiary/aromatic N) is 1. The van der Waals surface area contributed by atoms with Gasteiger partial charge in [0.25, 0.3) is 5.91 Å². The first-order chi connectivity index (χ1) is 8.61. The van der Waals surface area contributed by atoms with Crippen molar-refractivity contribution in [3.8, 4) is 11.1 Å². The van der Waals surface area contributed by atoms with Gasteiger partial charge in [0.2, 0.25) is 5.91 Å². The van der Waals surface area contributed by atoms with Crippen LogP contribution in [0, 0.1) is 0 Å². The molecule has 1 heterocycles. The summed E-state index contributed by atoms with van der Waals surface area (Å²) >= 11 is 0. The van der Waals surface area contributed by atoms with Crippen molar-refractivity contribution in [2.45, 2.75) is 19.9 Å². The Morgan fingerprint density at radius 2 is 2.11 bits per heavy atom. The van der Waals surface area contributed by atoms with Gasteiger partial charge in [-0.25, -0.2) is 0 Å². The molecule has 1 N–H and O–H groups in total. The quantitative estimate of drug-likeness (QED) is 0.814. The Bertz CT molecular complexity index is 491. The number of rotatable bonds is 2. The maximum atomic E-state index is 11.1. The summed E-state index contributed by atoms with van der Waals surface area (Å²) in [4.78, 5) is 23.3. The van der Waals surface area contributed by atoms with Crippen LogP contribution in [0.4, 0.5) is 0 Å². The maximum absolute atomic E-state index is 11.1. The van der Waals surface area contributed by atoms with Crippen LogP contribution in [0.3, 0.4) is 0 Å². The molecule has 3 aliphatic rings. The van der Waals surface area contributed by atoms with Crippen LogP contribution in [0.1, 0.15) is 13.8 Å². The summed E-state index contributed by atoms with van der Waals surface area (Å²) in [5.41, 5.74) is 2.85. The third kappa shape index (κ3) is 2.77. The average Bonchev–Trinajstić information content (AvgIpc) is 2.95. The zero-order valence-electron chi connectivity index (χ0n) is 10.5. The number of fused-ring (bicyclic) bond motifs is 1. The topological polar surface area (TPSA) is 49.4 Å². The minimum Gasteiger partial charge on any atom is -0.343 e. The highest BCUT2D eigenvalue weighted by molar-refractivity contribution is 5.92. The Labute approximate surface area is 106 Å². The van der Waals surface area contributed by atoms with E-state index >= 15 is 0 Å². The largest absolute Gasteiger partial charge is 0.343 e. The number of β-lactam (4-membered cyclic amide) rings is 1. The molecule has 1 atom stereocenters. The number of likely N-dealkylation sites (tertiary alicyclic amines) is 1. The van der Waals surface area contributed by atoms with Crippen LogP contribution < -0.4 is 5.32 Å². The summed E-state index contributed by atoms with van der Waals surface area (Å²) < 4.78 is 0. The Morgan fingerprint density at radius 1 is 1.44 bits per heavy atom. The standard InChI is InChI=1S/C8H12N2O2.C6H4/c1-3-4-10-5-7(8(10)12)9-6(2)11;1-2-5-4-6(5)3-1/h3-4,7H,5H2,1-2H3,(H,9,11);1-4H.